The number of carbonyl (C=O) groups excluding carboxylic acids is 2. The first-order valence-corrected chi connectivity index (χ1v) is 5.69. The van der Waals surface area contributed by atoms with E-state index in [1.165, 1.54) is 11.3 Å². The largest absolute Gasteiger partial charge is 0.297 e. The molecule has 1 aromatic heterocycles. The van der Waals surface area contributed by atoms with E-state index in [4.69, 9.17) is 0 Å². The smallest absolute Gasteiger partial charge is 0.194 e. The van der Waals surface area contributed by atoms with Crippen molar-refractivity contribution in [1.29, 1.82) is 0 Å². The average Bonchev–Trinajstić information content (AvgIpc) is 2.71. The molecule has 80 valence electrons. The van der Waals surface area contributed by atoms with Crippen LogP contribution in [0.4, 0.5) is 0 Å². The number of aldehydes is 1. The van der Waals surface area contributed by atoms with Gasteiger partial charge in [-0.15, -0.1) is 11.3 Å². The second kappa shape index (κ2) is 4.41. The second-order valence-electron chi connectivity index (χ2n) is 3.43. The van der Waals surface area contributed by atoms with Gasteiger partial charge in [-0.05, 0) is 13.0 Å². The van der Waals surface area contributed by atoms with Crippen LogP contribution in [0.25, 0.3) is 0 Å². The lowest BCUT2D eigenvalue weighted by molar-refractivity contribution is 0.103. The minimum Gasteiger partial charge on any atom is -0.297 e. The van der Waals surface area contributed by atoms with Gasteiger partial charge in [0.2, 0.25) is 0 Å². The maximum Gasteiger partial charge on any atom is 0.194 e. The third kappa shape index (κ3) is 1.95. The fourth-order valence-electron chi connectivity index (χ4n) is 1.53. The molecule has 0 bridgehead atoms. The van der Waals surface area contributed by atoms with Gasteiger partial charge in [-0.25, -0.2) is 0 Å². The Kier molecular flexibility index (Phi) is 2.97. The molecule has 0 fully saturated rings. The van der Waals surface area contributed by atoms with E-state index in [2.05, 4.69) is 0 Å². The molecule has 0 radical (unpaired) electrons. The van der Waals surface area contributed by atoms with E-state index in [0.717, 1.165) is 11.2 Å². The summed E-state index contributed by atoms with van der Waals surface area (Å²) in [6, 6.07) is 10.7. The molecule has 1 heterocycles. The first kappa shape index (κ1) is 10.8. The van der Waals surface area contributed by atoms with Crippen molar-refractivity contribution in [3.63, 3.8) is 0 Å². The predicted molar refractivity (Wildman–Crippen MR) is 64.3 cm³/mol. The van der Waals surface area contributed by atoms with Crippen molar-refractivity contribution >= 4 is 23.4 Å². The predicted octanol–water partition coefficient (Wildman–Crippen LogP) is 3.10. The van der Waals surface area contributed by atoms with Gasteiger partial charge in [-0.1, -0.05) is 30.3 Å². The highest BCUT2D eigenvalue weighted by molar-refractivity contribution is 7.14. The van der Waals surface area contributed by atoms with Crippen molar-refractivity contribution in [2.75, 3.05) is 0 Å². The first-order chi connectivity index (χ1) is 7.72. The zero-order valence-electron chi connectivity index (χ0n) is 8.77. The number of hydrogen-bond acceptors (Lipinski definition) is 3. The fourth-order valence-corrected chi connectivity index (χ4v) is 2.37. The van der Waals surface area contributed by atoms with Gasteiger partial charge < -0.3 is 0 Å². The van der Waals surface area contributed by atoms with Gasteiger partial charge in [0, 0.05) is 16.0 Å². The van der Waals surface area contributed by atoms with Crippen molar-refractivity contribution in [2.24, 2.45) is 0 Å². The summed E-state index contributed by atoms with van der Waals surface area (Å²) in [5.74, 6) is -0.0255. The molecule has 0 saturated carbocycles. The molecule has 16 heavy (non-hydrogen) atoms. The third-order valence-corrected chi connectivity index (χ3v) is 3.31. The van der Waals surface area contributed by atoms with Crippen LogP contribution in [0, 0.1) is 6.92 Å². The summed E-state index contributed by atoms with van der Waals surface area (Å²) in [7, 11) is 0. The van der Waals surface area contributed by atoms with E-state index in [0.29, 0.717) is 16.0 Å². The van der Waals surface area contributed by atoms with Gasteiger partial charge in [0.1, 0.15) is 0 Å². The van der Waals surface area contributed by atoms with Crippen LogP contribution in [-0.4, -0.2) is 12.1 Å². The second-order valence-corrected chi connectivity index (χ2v) is 4.72. The molecule has 0 saturated heterocycles. The van der Waals surface area contributed by atoms with Crippen LogP contribution in [-0.2, 0) is 0 Å². The standard InChI is InChI=1S/C13H10O2S/c1-9-12(7-11(8-14)16-9)13(15)10-5-3-2-4-6-10/h2-8H,1H3. The number of hydrogen-bond donors (Lipinski definition) is 0. The van der Waals surface area contributed by atoms with Crippen LogP contribution >= 0.6 is 11.3 Å². The van der Waals surface area contributed by atoms with Gasteiger partial charge in [-0.3, -0.25) is 9.59 Å². The summed E-state index contributed by atoms with van der Waals surface area (Å²) in [5, 5.41) is 0. The van der Waals surface area contributed by atoms with Crippen LogP contribution in [0.1, 0.15) is 30.5 Å². The maximum absolute atomic E-state index is 12.1. The molecule has 0 spiro atoms. The Morgan fingerprint density at radius 2 is 1.94 bits per heavy atom. The number of carbonyl (C=O) groups is 2. The Balaban J connectivity index is 2.41. The summed E-state index contributed by atoms with van der Waals surface area (Å²) in [6.45, 7) is 1.86. The lowest BCUT2D eigenvalue weighted by Gasteiger charge is -1.98. The number of aryl methyl sites for hydroxylation is 1. The topological polar surface area (TPSA) is 34.1 Å². The van der Waals surface area contributed by atoms with Gasteiger partial charge in [0.25, 0.3) is 0 Å². The van der Waals surface area contributed by atoms with Crippen molar-refractivity contribution < 1.29 is 9.59 Å². The Hall–Kier alpha value is -1.74. The van der Waals surface area contributed by atoms with Gasteiger partial charge >= 0.3 is 0 Å². The van der Waals surface area contributed by atoms with Crippen LogP contribution in [0.2, 0.25) is 0 Å². The van der Waals surface area contributed by atoms with E-state index in [1.807, 2.05) is 25.1 Å². The van der Waals surface area contributed by atoms with Crippen molar-refractivity contribution in [3.05, 3.63) is 57.3 Å². The molecular weight excluding hydrogens is 220 g/mol. The highest BCUT2D eigenvalue weighted by atomic mass is 32.1. The monoisotopic (exact) mass is 230 g/mol. The minimum atomic E-state index is -0.0255. The quantitative estimate of drug-likeness (QED) is 0.599. The maximum atomic E-state index is 12.1. The highest BCUT2D eigenvalue weighted by Crippen LogP contribution is 2.22. The number of ketones is 1. The molecule has 0 atom stereocenters. The Morgan fingerprint density at radius 1 is 1.25 bits per heavy atom. The van der Waals surface area contributed by atoms with Gasteiger partial charge in [-0.2, -0.15) is 0 Å². The molecule has 2 rings (SSSR count). The average molecular weight is 230 g/mol. The molecule has 2 nitrogen and oxygen atoms in total. The van der Waals surface area contributed by atoms with Crippen LogP contribution < -0.4 is 0 Å². The van der Waals surface area contributed by atoms with E-state index in [9.17, 15) is 9.59 Å². The first-order valence-electron chi connectivity index (χ1n) is 4.87. The van der Waals surface area contributed by atoms with E-state index < -0.39 is 0 Å². The van der Waals surface area contributed by atoms with Crippen LogP contribution in [0.5, 0.6) is 0 Å². The lowest BCUT2D eigenvalue weighted by Crippen LogP contribution is -2.00. The third-order valence-electron chi connectivity index (χ3n) is 2.33. The molecule has 0 unspecified atom stereocenters. The molecule has 0 amide bonds. The van der Waals surface area contributed by atoms with Crippen molar-refractivity contribution in [1.82, 2.24) is 0 Å². The van der Waals surface area contributed by atoms with Crippen LogP contribution in [0.3, 0.4) is 0 Å². The van der Waals surface area contributed by atoms with Gasteiger partial charge in [0.15, 0.2) is 12.1 Å². The molecule has 3 heteroatoms. The summed E-state index contributed by atoms with van der Waals surface area (Å²) in [5.41, 5.74) is 1.28. The molecule has 0 N–H and O–H groups in total. The molecule has 1 aromatic carbocycles. The molecule has 2 aromatic rings. The zero-order valence-corrected chi connectivity index (χ0v) is 9.58. The van der Waals surface area contributed by atoms with E-state index in [-0.39, 0.29) is 5.78 Å². The summed E-state index contributed by atoms with van der Waals surface area (Å²) >= 11 is 1.35. The zero-order chi connectivity index (χ0) is 11.5. The summed E-state index contributed by atoms with van der Waals surface area (Å²) < 4.78 is 0. The normalized spacial score (nSPS) is 10.1. The minimum absolute atomic E-state index is 0.0255. The fraction of sp³-hybridized carbons (Fsp3) is 0.0769. The molecular formula is C13H10O2S. The van der Waals surface area contributed by atoms with Crippen LogP contribution in [0.15, 0.2) is 36.4 Å². The van der Waals surface area contributed by atoms with Crippen molar-refractivity contribution in [3.8, 4) is 0 Å². The number of rotatable bonds is 3. The summed E-state index contributed by atoms with van der Waals surface area (Å²) in [6.07, 6.45) is 0.777. The van der Waals surface area contributed by atoms with E-state index >= 15 is 0 Å². The summed E-state index contributed by atoms with van der Waals surface area (Å²) in [4.78, 5) is 24.2. The lowest BCUT2D eigenvalue weighted by atomic mass is 10.0. The Morgan fingerprint density at radius 3 is 2.50 bits per heavy atom. The number of benzene rings is 1. The highest BCUT2D eigenvalue weighted by Gasteiger charge is 2.14. The Bertz CT molecular complexity index is 526. The Labute approximate surface area is 97.5 Å². The molecule has 0 aliphatic rings. The van der Waals surface area contributed by atoms with Crippen molar-refractivity contribution in [2.45, 2.75) is 6.92 Å². The van der Waals surface area contributed by atoms with Gasteiger partial charge in [0.05, 0.1) is 4.88 Å². The van der Waals surface area contributed by atoms with E-state index in [1.54, 1.807) is 18.2 Å². The molecule has 0 aliphatic heterocycles. The number of thiophene rings is 1. The SMILES string of the molecule is Cc1sc(C=O)cc1C(=O)c1ccccc1. The molecule has 0 aliphatic carbocycles.